The molecule has 1 aliphatic heterocycles. The standard InChI is InChI=1S/C21H15Cl2N7O2S/c1-10-16(18(31)28-21-30-24-9-33-21)17(12-7-6-11(22)8-13(12)23)27-19(25-10)29-20-26-14-4-2-3-5-15(14)32-20/h2-9,17H,1H3,(H,28,30,31)(H2,25,26,27,29). The number of oxazole rings is 1. The summed E-state index contributed by atoms with van der Waals surface area (Å²) in [5.41, 5.74) is 4.43. The molecule has 2 aromatic carbocycles. The van der Waals surface area contributed by atoms with E-state index in [1.807, 2.05) is 24.3 Å². The van der Waals surface area contributed by atoms with Crippen LogP contribution in [0, 0.1) is 0 Å². The van der Waals surface area contributed by atoms with Crippen LogP contribution in [0.15, 0.2) is 68.7 Å². The first kappa shape index (κ1) is 21.4. The first-order valence-corrected chi connectivity index (χ1v) is 11.3. The summed E-state index contributed by atoms with van der Waals surface area (Å²) in [6, 6.07) is 12.0. The van der Waals surface area contributed by atoms with Gasteiger partial charge in [0.2, 0.25) is 11.1 Å². The summed E-state index contributed by atoms with van der Waals surface area (Å²) >= 11 is 13.8. The van der Waals surface area contributed by atoms with E-state index in [0.29, 0.717) is 49.1 Å². The quantitative estimate of drug-likeness (QED) is 0.361. The Hall–Kier alpha value is -3.47. The third kappa shape index (κ3) is 4.40. The molecular formula is C21H15Cl2N7O2S. The van der Waals surface area contributed by atoms with E-state index in [9.17, 15) is 4.79 Å². The molecule has 33 heavy (non-hydrogen) atoms. The van der Waals surface area contributed by atoms with Crippen molar-refractivity contribution in [2.75, 3.05) is 10.6 Å². The molecule has 5 rings (SSSR count). The van der Waals surface area contributed by atoms with Gasteiger partial charge in [-0.15, -0.1) is 10.2 Å². The number of anilines is 2. The lowest BCUT2D eigenvalue weighted by Crippen LogP contribution is -2.37. The summed E-state index contributed by atoms with van der Waals surface area (Å²) in [7, 11) is 0. The second kappa shape index (κ2) is 8.81. The van der Waals surface area contributed by atoms with Crippen LogP contribution in [0.1, 0.15) is 18.5 Å². The van der Waals surface area contributed by atoms with Gasteiger partial charge in [-0.1, -0.05) is 52.7 Å². The van der Waals surface area contributed by atoms with E-state index < -0.39 is 6.04 Å². The number of benzene rings is 2. The van der Waals surface area contributed by atoms with Crippen LogP contribution in [0.25, 0.3) is 11.1 Å². The van der Waals surface area contributed by atoms with E-state index in [4.69, 9.17) is 32.6 Å². The Morgan fingerprint density at radius 3 is 2.82 bits per heavy atom. The molecule has 0 spiro atoms. The fourth-order valence-corrected chi connectivity index (χ4v) is 4.35. The minimum absolute atomic E-state index is 0.262. The van der Waals surface area contributed by atoms with Crippen LogP contribution < -0.4 is 16.0 Å². The number of fused-ring (bicyclic) bond motifs is 1. The van der Waals surface area contributed by atoms with E-state index in [1.165, 1.54) is 16.8 Å². The van der Waals surface area contributed by atoms with Crippen molar-refractivity contribution in [1.82, 2.24) is 20.5 Å². The predicted molar refractivity (Wildman–Crippen MR) is 129 cm³/mol. The number of nitrogens with one attached hydrogen (secondary N) is 3. The van der Waals surface area contributed by atoms with E-state index >= 15 is 0 Å². The van der Waals surface area contributed by atoms with E-state index in [1.54, 1.807) is 25.1 Å². The molecule has 4 aromatic rings. The van der Waals surface area contributed by atoms with Gasteiger partial charge >= 0.3 is 6.01 Å². The molecule has 0 saturated heterocycles. The van der Waals surface area contributed by atoms with Gasteiger partial charge in [0.1, 0.15) is 17.1 Å². The topological polar surface area (TPSA) is 117 Å². The Bertz CT molecular complexity index is 1380. The highest BCUT2D eigenvalue weighted by Gasteiger charge is 2.31. The van der Waals surface area contributed by atoms with Crippen molar-refractivity contribution in [2.24, 2.45) is 4.99 Å². The number of hydrogen-bond acceptors (Lipinski definition) is 9. The molecule has 1 atom stereocenters. The Labute approximate surface area is 201 Å². The average Bonchev–Trinajstić information content (AvgIpc) is 3.42. The highest BCUT2D eigenvalue weighted by Crippen LogP contribution is 2.36. The number of nitrogens with zero attached hydrogens (tertiary/aromatic N) is 4. The first-order chi connectivity index (χ1) is 16.0. The molecule has 3 heterocycles. The van der Waals surface area contributed by atoms with Gasteiger partial charge in [0.05, 0.1) is 5.57 Å². The molecule has 12 heteroatoms. The largest absolute Gasteiger partial charge is 0.423 e. The second-order valence-electron chi connectivity index (χ2n) is 7.02. The van der Waals surface area contributed by atoms with Crippen molar-refractivity contribution < 1.29 is 9.21 Å². The zero-order valence-electron chi connectivity index (χ0n) is 17.0. The lowest BCUT2D eigenvalue weighted by Gasteiger charge is -2.26. The van der Waals surface area contributed by atoms with Gasteiger partial charge < -0.3 is 9.73 Å². The van der Waals surface area contributed by atoms with Crippen LogP contribution in [0.5, 0.6) is 0 Å². The summed E-state index contributed by atoms with van der Waals surface area (Å²) in [4.78, 5) is 22.3. The summed E-state index contributed by atoms with van der Waals surface area (Å²) < 4.78 is 5.74. The number of aliphatic imine (C=N–C) groups is 1. The number of guanidine groups is 1. The third-order valence-corrected chi connectivity index (χ3v) is 6.01. The van der Waals surface area contributed by atoms with Crippen LogP contribution in [0.4, 0.5) is 11.1 Å². The van der Waals surface area contributed by atoms with Gasteiger partial charge in [-0.2, -0.15) is 4.98 Å². The molecule has 0 aliphatic carbocycles. The van der Waals surface area contributed by atoms with Gasteiger partial charge in [-0.25, -0.2) is 4.99 Å². The number of aromatic nitrogens is 3. The number of para-hydroxylation sites is 2. The maximum absolute atomic E-state index is 13.2. The predicted octanol–water partition coefficient (Wildman–Crippen LogP) is 5.01. The zero-order chi connectivity index (χ0) is 22.9. The number of allylic oxidation sites excluding steroid dienone is 1. The average molecular weight is 500 g/mol. The molecule has 1 amide bonds. The number of hydrogen-bond donors (Lipinski definition) is 3. The summed E-state index contributed by atoms with van der Waals surface area (Å²) in [6.45, 7) is 1.77. The lowest BCUT2D eigenvalue weighted by atomic mass is 9.95. The Morgan fingerprint density at radius 1 is 1.21 bits per heavy atom. The normalized spacial score (nSPS) is 15.8. The molecule has 9 nitrogen and oxygen atoms in total. The Morgan fingerprint density at radius 2 is 2.06 bits per heavy atom. The monoisotopic (exact) mass is 499 g/mol. The number of carbonyl (C=O) groups excluding carboxylic acids is 1. The summed E-state index contributed by atoms with van der Waals surface area (Å²) in [6.07, 6.45) is 0. The first-order valence-electron chi connectivity index (χ1n) is 9.68. The summed E-state index contributed by atoms with van der Waals surface area (Å²) in [5.74, 6) is -0.0278. The van der Waals surface area contributed by atoms with Crippen LogP contribution >= 0.6 is 34.5 Å². The maximum Gasteiger partial charge on any atom is 0.302 e. The molecule has 0 radical (unpaired) electrons. The van der Waals surface area contributed by atoms with Gasteiger partial charge in [0.25, 0.3) is 5.91 Å². The van der Waals surface area contributed by atoms with Crippen molar-refractivity contribution in [2.45, 2.75) is 13.0 Å². The lowest BCUT2D eigenvalue weighted by molar-refractivity contribution is -0.113. The SMILES string of the molecule is CC1=C(C(=O)Nc2nncs2)C(c2ccc(Cl)cc2Cl)N=C(Nc2nc3ccccc3o2)N1. The molecule has 0 bridgehead atoms. The molecular weight excluding hydrogens is 485 g/mol. The second-order valence-corrected chi connectivity index (χ2v) is 8.70. The van der Waals surface area contributed by atoms with Crippen molar-refractivity contribution >= 4 is 68.7 Å². The number of amides is 1. The molecule has 1 unspecified atom stereocenters. The van der Waals surface area contributed by atoms with Gasteiger partial charge in [-0.05, 0) is 31.2 Å². The van der Waals surface area contributed by atoms with Crippen LogP contribution in [0.2, 0.25) is 10.0 Å². The minimum atomic E-state index is -0.726. The van der Waals surface area contributed by atoms with Crippen molar-refractivity contribution in [3.8, 4) is 0 Å². The number of halogens is 2. The van der Waals surface area contributed by atoms with Crippen molar-refractivity contribution in [1.29, 1.82) is 0 Å². The van der Waals surface area contributed by atoms with E-state index in [0.717, 1.165) is 0 Å². The maximum atomic E-state index is 13.2. The van der Waals surface area contributed by atoms with Crippen LogP contribution in [-0.2, 0) is 4.79 Å². The Kier molecular flexibility index (Phi) is 5.71. The molecule has 0 saturated carbocycles. The van der Waals surface area contributed by atoms with Crippen LogP contribution in [-0.4, -0.2) is 27.0 Å². The zero-order valence-corrected chi connectivity index (χ0v) is 19.3. The van der Waals surface area contributed by atoms with Gasteiger partial charge in [-0.3, -0.25) is 15.4 Å². The number of rotatable bonds is 4. The highest BCUT2D eigenvalue weighted by atomic mass is 35.5. The van der Waals surface area contributed by atoms with Crippen molar-refractivity contribution in [3.63, 3.8) is 0 Å². The van der Waals surface area contributed by atoms with Crippen molar-refractivity contribution in [3.05, 3.63) is 74.9 Å². The summed E-state index contributed by atoms with van der Waals surface area (Å²) in [5, 5.41) is 17.8. The Balaban J connectivity index is 1.51. The molecule has 1 aliphatic rings. The highest BCUT2D eigenvalue weighted by molar-refractivity contribution is 7.13. The third-order valence-electron chi connectivity index (χ3n) is 4.84. The van der Waals surface area contributed by atoms with Gasteiger partial charge in [0.15, 0.2) is 5.58 Å². The molecule has 166 valence electrons. The minimum Gasteiger partial charge on any atom is -0.423 e. The molecule has 0 fully saturated rings. The smallest absolute Gasteiger partial charge is 0.302 e. The van der Waals surface area contributed by atoms with Gasteiger partial charge in [0, 0.05) is 21.3 Å². The van der Waals surface area contributed by atoms with Crippen LogP contribution in [0.3, 0.4) is 0 Å². The number of carbonyl (C=O) groups is 1. The van der Waals surface area contributed by atoms with E-state index in [2.05, 4.69) is 31.1 Å². The molecule has 2 aromatic heterocycles. The fraction of sp³-hybridized carbons (Fsp3) is 0.0952. The fourth-order valence-electron chi connectivity index (χ4n) is 3.40. The van der Waals surface area contributed by atoms with E-state index in [-0.39, 0.29) is 11.9 Å². The molecule has 3 N–H and O–H groups in total.